The molecule has 0 N–H and O–H groups in total. The van der Waals surface area contributed by atoms with Gasteiger partial charge in [-0.25, -0.2) is 17.6 Å². The zero-order valence-electron chi connectivity index (χ0n) is 8.71. The van der Waals surface area contributed by atoms with Crippen molar-refractivity contribution in [2.45, 2.75) is 13.3 Å². The van der Waals surface area contributed by atoms with Gasteiger partial charge in [0.15, 0.2) is 11.7 Å². The van der Waals surface area contributed by atoms with Crippen LogP contribution in [0.5, 0.6) is 0 Å². The molecule has 0 aromatic carbocycles. The zero-order chi connectivity index (χ0) is 12.5. The molecular formula is C12H10F4. The summed E-state index contributed by atoms with van der Waals surface area (Å²) < 4.78 is 52.4. The number of hydrogen-bond donors (Lipinski definition) is 0. The van der Waals surface area contributed by atoms with Gasteiger partial charge in [0.2, 0.25) is 0 Å². The summed E-state index contributed by atoms with van der Waals surface area (Å²) in [6, 6.07) is 0. The van der Waals surface area contributed by atoms with Crippen LogP contribution >= 0.6 is 0 Å². The van der Waals surface area contributed by atoms with Crippen molar-refractivity contribution in [3.63, 3.8) is 0 Å². The topological polar surface area (TPSA) is 0 Å². The van der Waals surface area contributed by atoms with E-state index in [4.69, 9.17) is 0 Å². The molecule has 0 saturated heterocycles. The summed E-state index contributed by atoms with van der Waals surface area (Å²) >= 11 is 0. The maximum absolute atomic E-state index is 13.5. The lowest BCUT2D eigenvalue weighted by Gasteiger charge is -2.01. The highest BCUT2D eigenvalue weighted by Gasteiger charge is 2.28. The van der Waals surface area contributed by atoms with Crippen molar-refractivity contribution in [1.82, 2.24) is 0 Å². The molecule has 0 heterocycles. The van der Waals surface area contributed by atoms with Crippen molar-refractivity contribution < 1.29 is 17.6 Å². The molecule has 0 unspecified atom stereocenters. The summed E-state index contributed by atoms with van der Waals surface area (Å²) in [7, 11) is 0. The predicted octanol–water partition coefficient (Wildman–Crippen LogP) is 4.75. The molecule has 0 aromatic rings. The van der Waals surface area contributed by atoms with Gasteiger partial charge in [-0.1, -0.05) is 19.2 Å². The summed E-state index contributed by atoms with van der Waals surface area (Å²) in [4.78, 5) is 0. The maximum Gasteiger partial charge on any atom is 0.190 e. The van der Waals surface area contributed by atoms with Gasteiger partial charge < -0.3 is 0 Å². The minimum Gasteiger partial charge on any atom is -0.209 e. The van der Waals surface area contributed by atoms with E-state index in [1.807, 2.05) is 0 Å². The third-order valence-electron chi connectivity index (χ3n) is 2.22. The fraction of sp³-hybridized carbons (Fsp3) is 0.167. The van der Waals surface area contributed by atoms with Crippen LogP contribution in [0.25, 0.3) is 0 Å². The monoisotopic (exact) mass is 230 g/mol. The van der Waals surface area contributed by atoms with Crippen molar-refractivity contribution in [2.24, 2.45) is 0 Å². The molecule has 0 amide bonds. The molecule has 0 bridgehead atoms. The first kappa shape index (κ1) is 12.5. The summed E-state index contributed by atoms with van der Waals surface area (Å²) in [5, 5.41) is 0. The number of rotatable bonds is 2. The van der Waals surface area contributed by atoms with E-state index in [1.165, 1.54) is 6.08 Å². The van der Waals surface area contributed by atoms with E-state index in [9.17, 15) is 17.6 Å². The lowest BCUT2D eigenvalue weighted by atomic mass is 10.1. The molecule has 1 rings (SSSR count). The second-order valence-electron chi connectivity index (χ2n) is 3.36. The van der Waals surface area contributed by atoms with E-state index >= 15 is 0 Å². The van der Waals surface area contributed by atoms with E-state index in [0.29, 0.717) is 0 Å². The molecule has 86 valence electrons. The average Bonchev–Trinajstić information content (AvgIpc) is 2.51. The minimum atomic E-state index is -1.70. The highest BCUT2D eigenvalue weighted by atomic mass is 19.2. The van der Waals surface area contributed by atoms with Gasteiger partial charge in [-0.05, 0) is 18.1 Å². The quantitative estimate of drug-likeness (QED) is 0.600. The molecule has 1 aliphatic rings. The molecule has 1 aliphatic carbocycles. The second-order valence-corrected chi connectivity index (χ2v) is 3.36. The van der Waals surface area contributed by atoms with Gasteiger partial charge in [0, 0.05) is 6.42 Å². The molecule has 0 radical (unpaired) electrons. The lowest BCUT2D eigenvalue weighted by Crippen LogP contribution is -1.89. The van der Waals surface area contributed by atoms with Gasteiger partial charge in [-0.2, -0.15) is 0 Å². The first-order valence-corrected chi connectivity index (χ1v) is 4.51. The largest absolute Gasteiger partial charge is 0.209 e. The fourth-order valence-corrected chi connectivity index (χ4v) is 1.39. The van der Waals surface area contributed by atoms with Gasteiger partial charge in [-0.3, -0.25) is 0 Å². The molecular weight excluding hydrogens is 220 g/mol. The molecule has 16 heavy (non-hydrogen) atoms. The number of allylic oxidation sites excluding steroid dienone is 8. The Labute approximate surface area is 91.0 Å². The smallest absolute Gasteiger partial charge is 0.190 e. The summed E-state index contributed by atoms with van der Waals surface area (Å²) in [6.45, 7) is 7.50. The molecule has 0 aromatic heterocycles. The van der Waals surface area contributed by atoms with Crippen LogP contribution < -0.4 is 0 Å². The Morgan fingerprint density at radius 1 is 1.31 bits per heavy atom. The standard InChI is InChI=1S/C12H10F4/c1-4-8-5-6(2)9(11(8)15)12(16)10(14)7(3)13/h4H,1-2,5H2,3H3/b10-7-,12-9-. The zero-order valence-corrected chi connectivity index (χ0v) is 8.71. The molecule has 0 fully saturated rings. The first-order chi connectivity index (χ1) is 7.40. The van der Waals surface area contributed by atoms with Crippen LogP contribution in [0.1, 0.15) is 13.3 Å². The van der Waals surface area contributed by atoms with Crippen LogP contribution in [0.2, 0.25) is 0 Å². The van der Waals surface area contributed by atoms with E-state index < -0.39 is 28.9 Å². The van der Waals surface area contributed by atoms with Crippen LogP contribution in [0.15, 0.2) is 59.3 Å². The molecule has 4 heteroatoms. The molecule has 0 aliphatic heterocycles. The van der Waals surface area contributed by atoms with Gasteiger partial charge >= 0.3 is 0 Å². The summed E-state index contributed by atoms with van der Waals surface area (Å²) in [5.74, 6) is -5.53. The van der Waals surface area contributed by atoms with E-state index in [0.717, 1.165) is 6.92 Å². The number of halogens is 4. The van der Waals surface area contributed by atoms with Crippen molar-refractivity contribution in [3.05, 3.63) is 59.3 Å². The van der Waals surface area contributed by atoms with Crippen molar-refractivity contribution in [1.29, 1.82) is 0 Å². The SMILES string of the molecule is C=CC1=C(F)/C(=C(F)/C(F)=C(\C)F)C(=C)C1. The Morgan fingerprint density at radius 3 is 2.25 bits per heavy atom. The Bertz CT molecular complexity index is 446. The van der Waals surface area contributed by atoms with Crippen LogP contribution in [-0.4, -0.2) is 0 Å². The predicted molar refractivity (Wildman–Crippen MR) is 55.1 cm³/mol. The third kappa shape index (κ3) is 2.01. The van der Waals surface area contributed by atoms with Gasteiger partial charge in [0.25, 0.3) is 0 Å². The van der Waals surface area contributed by atoms with Crippen LogP contribution in [-0.2, 0) is 0 Å². The summed E-state index contributed by atoms with van der Waals surface area (Å²) in [5.41, 5.74) is -0.412. The van der Waals surface area contributed by atoms with E-state index in [2.05, 4.69) is 13.2 Å². The Balaban J connectivity index is 3.39. The Kier molecular flexibility index (Phi) is 3.52. The average molecular weight is 230 g/mol. The highest BCUT2D eigenvalue weighted by Crippen LogP contribution is 2.41. The Morgan fingerprint density at radius 2 is 1.88 bits per heavy atom. The molecule has 0 atom stereocenters. The molecule has 0 spiro atoms. The third-order valence-corrected chi connectivity index (χ3v) is 2.22. The highest BCUT2D eigenvalue weighted by molar-refractivity contribution is 5.58. The van der Waals surface area contributed by atoms with Gasteiger partial charge in [-0.15, -0.1) is 0 Å². The lowest BCUT2D eigenvalue weighted by molar-refractivity contribution is 0.487. The minimum absolute atomic E-state index is 0.0523. The van der Waals surface area contributed by atoms with E-state index in [-0.39, 0.29) is 17.6 Å². The van der Waals surface area contributed by atoms with Crippen molar-refractivity contribution >= 4 is 0 Å². The molecule has 0 saturated carbocycles. The van der Waals surface area contributed by atoms with Crippen LogP contribution in [0.4, 0.5) is 17.6 Å². The second kappa shape index (κ2) is 4.51. The van der Waals surface area contributed by atoms with E-state index in [1.54, 1.807) is 0 Å². The molecule has 0 nitrogen and oxygen atoms in total. The van der Waals surface area contributed by atoms with Crippen LogP contribution in [0.3, 0.4) is 0 Å². The Hall–Kier alpha value is -1.58. The van der Waals surface area contributed by atoms with Gasteiger partial charge in [0.1, 0.15) is 11.7 Å². The normalized spacial score (nSPS) is 21.2. The fourth-order valence-electron chi connectivity index (χ4n) is 1.39. The van der Waals surface area contributed by atoms with Crippen molar-refractivity contribution in [3.8, 4) is 0 Å². The maximum atomic E-state index is 13.5. The van der Waals surface area contributed by atoms with Crippen molar-refractivity contribution in [2.75, 3.05) is 0 Å². The first-order valence-electron chi connectivity index (χ1n) is 4.51. The van der Waals surface area contributed by atoms with Gasteiger partial charge in [0.05, 0.1) is 5.57 Å². The number of hydrogen-bond acceptors (Lipinski definition) is 0. The summed E-state index contributed by atoms with van der Waals surface area (Å²) in [6.07, 6.45) is 1.25. The van der Waals surface area contributed by atoms with Crippen LogP contribution in [0, 0.1) is 0 Å².